The molecule has 1 amide bonds. The molecule has 2 rings (SSSR count). The van der Waals surface area contributed by atoms with Gasteiger partial charge in [0.05, 0.1) is 6.20 Å². The molecule has 0 aliphatic heterocycles. The molecule has 0 aliphatic rings. The molecule has 1 aromatic heterocycles. The summed E-state index contributed by atoms with van der Waals surface area (Å²) in [5.74, 6) is -1.76. The molecule has 2 aromatic rings. The number of hydrogen-bond acceptors (Lipinski definition) is 3. The van der Waals surface area contributed by atoms with Gasteiger partial charge in [0.2, 0.25) is 0 Å². The number of anilines is 1. The van der Waals surface area contributed by atoms with Crippen LogP contribution in [0.5, 0.6) is 0 Å². The molecule has 0 fully saturated rings. The number of amides is 1. The topological polar surface area (TPSA) is 84.2 Å². The first kappa shape index (κ1) is 13.1. The van der Waals surface area contributed by atoms with Crippen LogP contribution in [0.1, 0.15) is 20.8 Å². The Hall–Kier alpha value is -2.34. The van der Waals surface area contributed by atoms with Gasteiger partial charge in [-0.15, -0.1) is 0 Å². The van der Waals surface area contributed by atoms with Crippen LogP contribution in [0.15, 0.2) is 30.5 Å². The summed E-state index contributed by atoms with van der Waals surface area (Å²) in [5.41, 5.74) is 0.310. The molecule has 1 heterocycles. The number of nitrogens with one attached hydrogen (secondary N) is 1. The van der Waals surface area contributed by atoms with Gasteiger partial charge in [0, 0.05) is 17.8 Å². The maximum atomic E-state index is 12.1. The number of nitrogens with zero attached hydrogens (tertiary/aromatic N) is 2. The van der Waals surface area contributed by atoms with Gasteiger partial charge in [0.1, 0.15) is 11.3 Å². The van der Waals surface area contributed by atoms with E-state index in [-0.39, 0.29) is 11.3 Å². The average Bonchev–Trinajstić information content (AvgIpc) is 2.71. The summed E-state index contributed by atoms with van der Waals surface area (Å²) >= 11 is 5.80. The number of aromatic nitrogens is 2. The summed E-state index contributed by atoms with van der Waals surface area (Å²) in [6.07, 6.45) is 1.13. The van der Waals surface area contributed by atoms with Crippen LogP contribution in [-0.4, -0.2) is 26.8 Å². The molecule has 0 atom stereocenters. The van der Waals surface area contributed by atoms with Gasteiger partial charge in [-0.1, -0.05) is 17.7 Å². The third-order valence-electron chi connectivity index (χ3n) is 2.47. The Bertz CT molecular complexity index is 651. The third kappa shape index (κ3) is 2.74. The van der Waals surface area contributed by atoms with Crippen molar-refractivity contribution < 1.29 is 14.7 Å². The van der Waals surface area contributed by atoms with Crippen molar-refractivity contribution in [1.82, 2.24) is 9.78 Å². The molecule has 0 spiro atoms. The fraction of sp³-hybridized carbons (Fsp3) is 0.0833. The van der Waals surface area contributed by atoms with Crippen molar-refractivity contribution >= 4 is 29.2 Å². The Labute approximate surface area is 113 Å². The number of carboxylic acid groups (broad SMARTS) is 1. The second-order valence-electron chi connectivity index (χ2n) is 3.80. The first-order chi connectivity index (χ1) is 8.99. The van der Waals surface area contributed by atoms with Crippen LogP contribution < -0.4 is 5.32 Å². The second-order valence-corrected chi connectivity index (χ2v) is 4.24. The summed E-state index contributed by atoms with van der Waals surface area (Å²) < 4.78 is 1.21. The standard InChI is InChI=1S/C12H10ClN3O3/c1-16-10(9(6-14-16)12(18)19)11(17)15-8-4-2-3-7(13)5-8/h2-6H,1H3,(H,15,17)(H,18,19). The average molecular weight is 280 g/mol. The van der Waals surface area contributed by atoms with Gasteiger partial charge in [-0.3, -0.25) is 9.48 Å². The largest absolute Gasteiger partial charge is 0.478 e. The molecule has 19 heavy (non-hydrogen) atoms. The molecular formula is C12H10ClN3O3. The van der Waals surface area contributed by atoms with E-state index in [0.29, 0.717) is 10.7 Å². The first-order valence-corrected chi connectivity index (χ1v) is 5.69. The number of halogens is 1. The van der Waals surface area contributed by atoms with E-state index in [9.17, 15) is 9.59 Å². The molecule has 0 radical (unpaired) electrons. The molecule has 0 aliphatic carbocycles. The number of aromatic carboxylic acids is 1. The minimum absolute atomic E-state index is 0.0209. The number of rotatable bonds is 3. The Balaban J connectivity index is 2.30. The molecule has 0 saturated carbocycles. The molecule has 1 aromatic carbocycles. The van der Waals surface area contributed by atoms with Crippen LogP contribution in [0.4, 0.5) is 5.69 Å². The van der Waals surface area contributed by atoms with Crippen molar-refractivity contribution in [3.8, 4) is 0 Å². The monoisotopic (exact) mass is 279 g/mol. The SMILES string of the molecule is Cn1ncc(C(=O)O)c1C(=O)Nc1cccc(Cl)c1. The van der Waals surface area contributed by atoms with Crippen LogP contribution in [0.3, 0.4) is 0 Å². The van der Waals surface area contributed by atoms with Crippen LogP contribution in [0.25, 0.3) is 0 Å². The third-order valence-corrected chi connectivity index (χ3v) is 2.70. The predicted octanol–water partition coefficient (Wildman–Crippen LogP) is 2.02. The first-order valence-electron chi connectivity index (χ1n) is 5.31. The number of carboxylic acids is 1. The van der Waals surface area contributed by atoms with E-state index >= 15 is 0 Å². The van der Waals surface area contributed by atoms with E-state index in [1.165, 1.54) is 11.7 Å². The Kier molecular flexibility index (Phi) is 3.52. The van der Waals surface area contributed by atoms with Gasteiger partial charge in [-0.25, -0.2) is 4.79 Å². The number of carbonyl (C=O) groups excluding carboxylic acids is 1. The van der Waals surface area contributed by atoms with Crippen molar-refractivity contribution in [2.45, 2.75) is 0 Å². The quantitative estimate of drug-likeness (QED) is 0.900. The summed E-state index contributed by atoms with van der Waals surface area (Å²) in [7, 11) is 1.50. The van der Waals surface area contributed by atoms with Crippen molar-refractivity contribution in [2.75, 3.05) is 5.32 Å². The number of benzene rings is 1. The zero-order chi connectivity index (χ0) is 14.0. The van der Waals surface area contributed by atoms with Gasteiger partial charge in [-0.05, 0) is 18.2 Å². The molecule has 0 saturated heterocycles. The normalized spacial score (nSPS) is 10.2. The van der Waals surface area contributed by atoms with Gasteiger partial charge in [-0.2, -0.15) is 5.10 Å². The number of hydrogen-bond donors (Lipinski definition) is 2. The maximum absolute atomic E-state index is 12.1. The summed E-state index contributed by atoms with van der Waals surface area (Å²) in [6, 6.07) is 6.57. The van der Waals surface area contributed by atoms with E-state index in [1.807, 2.05) is 0 Å². The fourth-order valence-electron chi connectivity index (χ4n) is 1.62. The highest BCUT2D eigenvalue weighted by Crippen LogP contribution is 2.17. The molecule has 7 heteroatoms. The van der Waals surface area contributed by atoms with Gasteiger partial charge in [0.25, 0.3) is 5.91 Å². The minimum atomic E-state index is -1.20. The van der Waals surface area contributed by atoms with Gasteiger partial charge in [0.15, 0.2) is 0 Å². The lowest BCUT2D eigenvalue weighted by atomic mass is 10.2. The van der Waals surface area contributed by atoms with Crippen LogP contribution in [-0.2, 0) is 7.05 Å². The lowest BCUT2D eigenvalue weighted by Crippen LogP contribution is -2.19. The highest BCUT2D eigenvalue weighted by molar-refractivity contribution is 6.31. The molecule has 6 nitrogen and oxygen atoms in total. The van der Waals surface area contributed by atoms with Crippen molar-refractivity contribution in [1.29, 1.82) is 0 Å². The highest BCUT2D eigenvalue weighted by atomic mass is 35.5. The summed E-state index contributed by atoms with van der Waals surface area (Å²) in [6.45, 7) is 0. The highest BCUT2D eigenvalue weighted by Gasteiger charge is 2.21. The summed E-state index contributed by atoms with van der Waals surface area (Å²) in [4.78, 5) is 23.0. The smallest absolute Gasteiger partial charge is 0.339 e. The molecule has 98 valence electrons. The van der Waals surface area contributed by atoms with E-state index in [0.717, 1.165) is 6.20 Å². The molecule has 0 bridgehead atoms. The van der Waals surface area contributed by atoms with E-state index < -0.39 is 11.9 Å². The van der Waals surface area contributed by atoms with E-state index in [2.05, 4.69) is 10.4 Å². The zero-order valence-electron chi connectivity index (χ0n) is 9.92. The number of aryl methyl sites for hydroxylation is 1. The van der Waals surface area contributed by atoms with Crippen molar-refractivity contribution in [3.05, 3.63) is 46.7 Å². The predicted molar refractivity (Wildman–Crippen MR) is 69.6 cm³/mol. The second kappa shape index (κ2) is 5.11. The zero-order valence-corrected chi connectivity index (χ0v) is 10.7. The van der Waals surface area contributed by atoms with Gasteiger partial charge >= 0.3 is 5.97 Å². The van der Waals surface area contributed by atoms with Crippen LogP contribution >= 0.6 is 11.6 Å². The van der Waals surface area contributed by atoms with Crippen LogP contribution in [0, 0.1) is 0 Å². The molecule has 0 unspecified atom stereocenters. The van der Waals surface area contributed by atoms with Gasteiger partial charge < -0.3 is 10.4 Å². The lowest BCUT2D eigenvalue weighted by Gasteiger charge is -2.06. The van der Waals surface area contributed by atoms with Crippen molar-refractivity contribution in [2.24, 2.45) is 7.05 Å². The number of carbonyl (C=O) groups is 2. The van der Waals surface area contributed by atoms with E-state index in [1.54, 1.807) is 24.3 Å². The van der Waals surface area contributed by atoms with Crippen molar-refractivity contribution in [3.63, 3.8) is 0 Å². The summed E-state index contributed by atoms with van der Waals surface area (Å²) in [5, 5.41) is 15.8. The fourth-order valence-corrected chi connectivity index (χ4v) is 1.81. The Morgan fingerprint density at radius 2 is 2.16 bits per heavy atom. The maximum Gasteiger partial charge on any atom is 0.339 e. The van der Waals surface area contributed by atoms with Crippen LogP contribution in [0.2, 0.25) is 5.02 Å². The van der Waals surface area contributed by atoms with E-state index in [4.69, 9.17) is 16.7 Å². The molecular weight excluding hydrogens is 270 g/mol. The minimum Gasteiger partial charge on any atom is -0.478 e. The Morgan fingerprint density at radius 1 is 1.42 bits per heavy atom. The molecule has 2 N–H and O–H groups in total. The Morgan fingerprint density at radius 3 is 2.79 bits per heavy atom. The lowest BCUT2D eigenvalue weighted by molar-refractivity contribution is 0.0692.